The second-order valence-electron chi connectivity index (χ2n) is 5.18. The van der Waals surface area contributed by atoms with Crippen molar-refractivity contribution >= 4 is 56.7 Å². The van der Waals surface area contributed by atoms with Gasteiger partial charge in [0.2, 0.25) is 0 Å². The van der Waals surface area contributed by atoms with Crippen molar-refractivity contribution in [2.24, 2.45) is 4.99 Å². The number of aliphatic imine (C=N–C) groups is 1. The third kappa shape index (κ3) is 3.03. The summed E-state index contributed by atoms with van der Waals surface area (Å²) in [4.78, 5) is 8.19. The molecule has 23 heavy (non-hydrogen) atoms. The lowest BCUT2D eigenvalue weighted by Crippen LogP contribution is -2.13. The van der Waals surface area contributed by atoms with E-state index in [1.807, 2.05) is 11.8 Å². The van der Waals surface area contributed by atoms with Crippen LogP contribution in [0.25, 0.3) is 10.9 Å². The highest BCUT2D eigenvalue weighted by atomic mass is 32.2. The Morgan fingerprint density at radius 1 is 1.30 bits per heavy atom. The molecule has 0 amide bonds. The highest BCUT2D eigenvalue weighted by Gasteiger charge is 2.16. The fourth-order valence-corrected chi connectivity index (χ4v) is 5.29. The topological polar surface area (TPSA) is 31.4 Å². The number of H-pyrrole nitrogens is 1. The number of anilines is 1. The van der Waals surface area contributed by atoms with Crippen molar-refractivity contribution < 1.29 is 0 Å². The van der Waals surface area contributed by atoms with Gasteiger partial charge in [-0.3, -0.25) is 4.99 Å². The SMILES string of the molecule is CCN(Sc1cccs1)c1cccc2cc(C3=NCCS3)[nH]c12. The number of fused-ring (bicyclic) bond motifs is 1. The minimum absolute atomic E-state index is 0.928. The molecule has 0 aliphatic carbocycles. The number of para-hydroxylation sites is 1. The normalized spacial score (nSPS) is 14.4. The Bertz CT molecular complexity index is 836. The lowest BCUT2D eigenvalue weighted by molar-refractivity contribution is 1.11. The molecule has 6 heteroatoms. The fraction of sp³-hybridized carbons (Fsp3) is 0.235. The van der Waals surface area contributed by atoms with E-state index in [2.05, 4.69) is 63.0 Å². The minimum atomic E-state index is 0.928. The van der Waals surface area contributed by atoms with Crippen LogP contribution >= 0.6 is 35.0 Å². The van der Waals surface area contributed by atoms with Crippen molar-refractivity contribution in [3.63, 3.8) is 0 Å². The summed E-state index contributed by atoms with van der Waals surface area (Å²) in [6, 6.07) is 13.0. The largest absolute Gasteiger partial charge is 0.351 e. The van der Waals surface area contributed by atoms with Gasteiger partial charge in [-0.25, -0.2) is 0 Å². The molecule has 3 nitrogen and oxygen atoms in total. The number of rotatable bonds is 5. The number of nitrogens with one attached hydrogen (secondary N) is 1. The first kappa shape index (κ1) is 15.2. The molecule has 1 aromatic carbocycles. The maximum atomic E-state index is 4.59. The molecule has 3 heterocycles. The average Bonchev–Trinajstić information content (AvgIpc) is 3.32. The average molecular weight is 360 g/mol. The van der Waals surface area contributed by atoms with Crippen LogP contribution in [0.5, 0.6) is 0 Å². The van der Waals surface area contributed by atoms with Crippen molar-refractivity contribution in [3.8, 4) is 0 Å². The summed E-state index contributed by atoms with van der Waals surface area (Å²) in [5.74, 6) is 1.09. The Morgan fingerprint density at radius 3 is 3.00 bits per heavy atom. The van der Waals surface area contributed by atoms with Crippen LogP contribution in [0.4, 0.5) is 5.69 Å². The van der Waals surface area contributed by atoms with Gasteiger partial charge in [0.05, 0.1) is 21.1 Å². The van der Waals surface area contributed by atoms with Gasteiger partial charge < -0.3 is 9.29 Å². The fourth-order valence-electron chi connectivity index (χ4n) is 2.67. The molecule has 0 spiro atoms. The molecule has 1 N–H and O–H groups in total. The third-order valence-corrected chi connectivity index (χ3v) is 6.88. The van der Waals surface area contributed by atoms with E-state index in [9.17, 15) is 0 Å². The smallest absolute Gasteiger partial charge is 0.114 e. The number of thioether (sulfide) groups is 1. The van der Waals surface area contributed by atoms with Crippen molar-refractivity contribution in [2.75, 3.05) is 23.1 Å². The number of thiophene rings is 1. The van der Waals surface area contributed by atoms with Crippen LogP contribution < -0.4 is 4.31 Å². The first-order chi connectivity index (χ1) is 11.3. The zero-order chi connectivity index (χ0) is 15.6. The number of benzene rings is 1. The first-order valence-electron chi connectivity index (χ1n) is 7.63. The molecule has 0 radical (unpaired) electrons. The van der Waals surface area contributed by atoms with Crippen LogP contribution in [0.1, 0.15) is 12.6 Å². The summed E-state index contributed by atoms with van der Waals surface area (Å²) in [6.45, 7) is 4.07. The van der Waals surface area contributed by atoms with Gasteiger partial charge in [-0.1, -0.05) is 18.2 Å². The summed E-state index contributed by atoms with van der Waals surface area (Å²) in [5.41, 5.74) is 3.58. The summed E-state index contributed by atoms with van der Waals surface area (Å²) >= 11 is 5.42. The molecule has 1 aliphatic rings. The number of hydrogen-bond donors (Lipinski definition) is 1. The number of nitrogens with zero attached hydrogens (tertiary/aromatic N) is 2. The van der Waals surface area contributed by atoms with Gasteiger partial charge in [0.15, 0.2) is 0 Å². The molecule has 0 unspecified atom stereocenters. The summed E-state index contributed by atoms with van der Waals surface area (Å²) in [6.07, 6.45) is 0. The van der Waals surface area contributed by atoms with Crippen molar-refractivity contribution in [1.29, 1.82) is 0 Å². The van der Waals surface area contributed by atoms with E-state index >= 15 is 0 Å². The maximum Gasteiger partial charge on any atom is 0.114 e. The molecule has 1 aliphatic heterocycles. The standard InChI is InChI=1S/C17H17N3S3/c1-2-20(23-15-7-4-9-21-15)14-6-3-5-12-11-13(19-16(12)14)17-18-8-10-22-17/h3-7,9,11,19H,2,8,10H2,1H3. The van der Waals surface area contributed by atoms with Gasteiger partial charge in [-0.05, 0) is 42.5 Å². The summed E-state index contributed by atoms with van der Waals surface area (Å²) in [7, 11) is 0. The highest BCUT2D eigenvalue weighted by Crippen LogP contribution is 2.36. The van der Waals surface area contributed by atoms with Crippen LogP contribution in [0, 0.1) is 0 Å². The van der Waals surface area contributed by atoms with E-state index in [0.29, 0.717) is 0 Å². The molecule has 3 aromatic rings. The second-order valence-corrected chi connectivity index (χ2v) is 8.53. The lowest BCUT2D eigenvalue weighted by atomic mass is 10.2. The van der Waals surface area contributed by atoms with Gasteiger partial charge in [0.1, 0.15) is 5.04 Å². The van der Waals surface area contributed by atoms with Crippen LogP contribution in [0.15, 0.2) is 51.0 Å². The Kier molecular flexibility index (Phi) is 4.37. The Balaban J connectivity index is 1.73. The zero-order valence-corrected chi connectivity index (χ0v) is 15.2. The molecular weight excluding hydrogens is 342 g/mol. The van der Waals surface area contributed by atoms with Gasteiger partial charge in [0, 0.05) is 24.2 Å². The summed E-state index contributed by atoms with van der Waals surface area (Å²) < 4.78 is 3.66. The second kappa shape index (κ2) is 6.63. The molecule has 118 valence electrons. The maximum absolute atomic E-state index is 4.59. The lowest BCUT2D eigenvalue weighted by Gasteiger charge is -2.21. The molecular formula is C17H17N3S3. The molecule has 0 atom stereocenters. The predicted octanol–water partition coefficient (Wildman–Crippen LogP) is 5.26. The van der Waals surface area contributed by atoms with E-state index in [1.54, 1.807) is 23.3 Å². The molecule has 0 saturated carbocycles. The van der Waals surface area contributed by atoms with Gasteiger partial charge in [-0.2, -0.15) is 0 Å². The van der Waals surface area contributed by atoms with E-state index in [-0.39, 0.29) is 0 Å². The van der Waals surface area contributed by atoms with E-state index in [1.165, 1.54) is 20.8 Å². The van der Waals surface area contributed by atoms with Gasteiger partial charge >= 0.3 is 0 Å². The Morgan fingerprint density at radius 2 is 2.26 bits per heavy atom. The van der Waals surface area contributed by atoms with Crippen LogP contribution in [0.3, 0.4) is 0 Å². The predicted molar refractivity (Wildman–Crippen MR) is 105 cm³/mol. The highest BCUT2D eigenvalue weighted by molar-refractivity contribution is 8.14. The van der Waals surface area contributed by atoms with Gasteiger partial charge in [0.25, 0.3) is 0 Å². The van der Waals surface area contributed by atoms with Crippen LogP contribution in [0.2, 0.25) is 0 Å². The summed E-state index contributed by atoms with van der Waals surface area (Å²) in [5, 5.41) is 4.51. The monoisotopic (exact) mass is 359 g/mol. The Hall–Kier alpha value is -1.37. The molecule has 4 rings (SSSR count). The van der Waals surface area contributed by atoms with E-state index in [4.69, 9.17) is 0 Å². The minimum Gasteiger partial charge on any atom is -0.351 e. The Labute approximate surface area is 148 Å². The van der Waals surface area contributed by atoms with E-state index in [0.717, 1.165) is 29.6 Å². The van der Waals surface area contributed by atoms with Crippen molar-refractivity contribution in [2.45, 2.75) is 11.1 Å². The van der Waals surface area contributed by atoms with Crippen molar-refractivity contribution in [1.82, 2.24) is 4.98 Å². The number of aromatic amines is 1. The zero-order valence-electron chi connectivity index (χ0n) is 12.8. The number of hydrogen-bond acceptors (Lipinski definition) is 5. The van der Waals surface area contributed by atoms with Crippen molar-refractivity contribution in [3.05, 3.63) is 47.5 Å². The third-order valence-electron chi connectivity index (χ3n) is 3.70. The molecule has 2 aromatic heterocycles. The van der Waals surface area contributed by atoms with Crippen LogP contribution in [-0.2, 0) is 0 Å². The van der Waals surface area contributed by atoms with Crippen LogP contribution in [-0.4, -0.2) is 28.9 Å². The molecule has 0 bridgehead atoms. The quantitative estimate of drug-likeness (QED) is 0.631. The van der Waals surface area contributed by atoms with E-state index < -0.39 is 0 Å². The van der Waals surface area contributed by atoms with Gasteiger partial charge in [-0.15, -0.1) is 23.1 Å². The number of aromatic nitrogens is 1. The molecule has 0 fully saturated rings. The molecule has 0 saturated heterocycles. The first-order valence-corrected chi connectivity index (χ1v) is 10.3.